The van der Waals surface area contributed by atoms with Gasteiger partial charge < -0.3 is 15.3 Å². The normalized spacial score (nSPS) is 50.0. The Hall–Kier alpha value is -0.710. The number of hydrogen-bond donors (Lipinski definition) is 3. The lowest BCUT2D eigenvalue weighted by atomic mass is 9.49. The van der Waals surface area contributed by atoms with Crippen molar-refractivity contribution in [3.8, 4) is 0 Å². The van der Waals surface area contributed by atoms with Crippen LogP contribution in [0.4, 0.5) is 0 Å². The van der Waals surface area contributed by atoms with Crippen molar-refractivity contribution >= 4 is 5.78 Å². The number of aliphatic hydroxyl groups excluding tert-OH is 2. The van der Waals surface area contributed by atoms with Crippen LogP contribution in [0.2, 0.25) is 0 Å². The maximum absolute atomic E-state index is 12.5. The van der Waals surface area contributed by atoms with Crippen molar-refractivity contribution in [3.63, 3.8) is 0 Å². The summed E-state index contributed by atoms with van der Waals surface area (Å²) in [6.07, 6.45) is 6.63. The van der Waals surface area contributed by atoms with E-state index in [1.807, 2.05) is 0 Å². The summed E-state index contributed by atoms with van der Waals surface area (Å²) in [5.74, 6) is 1.16. The van der Waals surface area contributed by atoms with Crippen LogP contribution in [0.15, 0.2) is 11.6 Å². The quantitative estimate of drug-likeness (QED) is 0.622. The number of carbonyl (C=O) groups excluding carboxylic acids is 1. The zero-order valence-electron chi connectivity index (χ0n) is 19.0. The van der Waals surface area contributed by atoms with E-state index in [9.17, 15) is 20.1 Å². The van der Waals surface area contributed by atoms with Crippen LogP contribution in [-0.4, -0.2) is 38.9 Å². The maximum Gasteiger partial charge on any atom is 0.192 e. The first kappa shape index (κ1) is 21.5. The van der Waals surface area contributed by atoms with Crippen molar-refractivity contribution in [2.75, 3.05) is 0 Å². The van der Waals surface area contributed by atoms with Gasteiger partial charge in [-0.15, -0.1) is 0 Å². The molecule has 4 rings (SSSR count). The monoisotopic (exact) mass is 404 g/mol. The van der Waals surface area contributed by atoms with E-state index in [1.54, 1.807) is 0 Å². The third-order valence-corrected chi connectivity index (χ3v) is 9.65. The summed E-state index contributed by atoms with van der Waals surface area (Å²) in [6.45, 7) is 12.1. The Kier molecular flexibility index (Phi) is 4.75. The van der Waals surface area contributed by atoms with Crippen molar-refractivity contribution in [2.45, 2.75) is 97.9 Å². The van der Waals surface area contributed by atoms with E-state index < -0.39 is 17.5 Å². The third kappa shape index (κ3) is 2.78. The second kappa shape index (κ2) is 6.40. The molecule has 0 aromatic carbocycles. The molecule has 0 heterocycles. The molecular weight excluding hydrogens is 364 g/mol. The van der Waals surface area contributed by atoms with Gasteiger partial charge in [-0.05, 0) is 86.9 Å². The summed E-state index contributed by atoms with van der Waals surface area (Å²) in [6, 6.07) is 0. The van der Waals surface area contributed by atoms with E-state index in [0.717, 1.165) is 32.1 Å². The van der Waals surface area contributed by atoms with Crippen LogP contribution in [0.1, 0.15) is 80.1 Å². The van der Waals surface area contributed by atoms with Gasteiger partial charge in [0, 0.05) is 5.41 Å². The number of allylic oxidation sites excluding steroid dienone is 1. The van der Waals surface area contributed by atoms with Gasteiger partial charge in [-0.25, -0.2) is 0 Å². The third-order valence-electron chi connectivity index (χ3n) is 9.65. The summed E-state index contributed by atoms with van der Waals surface area (Å²) >= 11 is 0. The van der Waals surface area contributed by atoms with Crippen LogP contribution < -0.4 is 0 Å². The first-order chi connectivity index (χ1) is 13.3. The van der Waals surface area contributed by atoms with Crippen molar-refractivity contribution in [2.24, 2.45) is 39.9 Å². The van der Waals surface area contributed by atoms with Gasteiger partial charge >= 0.3 is 0 Å². The second-order valence-corrected chi connectivity index (χ2v) is 12.1. The van der Waals surface area contributed by atoms with Crippen LogP contribution >= 0.6 is 0 Å². The van der Waals surface area contributed by atoms with Crippen LogP contribution in [-0.2, 0) is 4.79 Å². The average molecular weight is 405 g/mol. The number of fused-ring (bicyclic) bond motifs is 2. The molecule has 0 bridgehead atoms. The Labute approximate surface area is 175 Å². The van der Waals surface area contributed by atoms with Crippen LogP contribution in [0, 0.1) is 39.9 Å². The predicted octanol–water partition coefficient (Wildman–Crippen LogP) is 3.87. The molecule has 0 aliphatic heterocycles. The fraction of sp³-hybridized carbons (Fsp3) is 0.880. The van der Waals surface area contributed by atoms with Gasteiger partial charge in [-0.3, -0.25) is 4.79 Å². The summed E-state index contributed by atoms with van der Waals surface area (Å²) < 4.78 is 0. The van der Waals surface area contributed by atoms with Crippen molar-refractivity contribution in [3.05, 3.63) is 11.6 Å². The van der Waals surface area contributed by atoms with Gasteiger partial charge in [-0.2, -0.15) is 0 Å². The van der Waals surface area contributed by atoms with Gasteiger partial charge in [0.2, 0.25) is 0 Å². The molecule has 29 heavy (non-hydrogen) atoms. The largest absolute Gasteiger partial charge is 0.392 e. The molecule has 9 atom stereocenters. The number of Topliss-reactive ketones (excluding diaryl/α,β-unsaturated/α-hetero) is 1. The smallest absolute Gasteiger partial charge is 0.192 e. The highest BCUT2D eigenvalue weighted by Crippen LogP contribution is 2.74. The summed E-state index contributed by atoms with van der Waals surface area (Å²) in [7, 11) is 0. The Balaban J connectivity index is 1.75. The SMILES string of the molecule is CC1CC(O)C23C1=CC1(C)CCC(C)(CC(O)C(=O)C(C)(C)O)C1C2CCC3C. The van der Waals surface area contributed by atoms with Gasteiger partial charge in [0.25, 0.3) is 0 Å². The van der Waals surface area contributed by atoms with E-state index in [0.29, 0.717) is 30.1 Å². The molecule has 3 saturated carbocycles. The van der Waals surface area contributed by atoms with Gasteiger partial charge in [0.05, 0.1) is 6.10 Å². The van der Waals surface area contributed by atoms with E-state index in [4.69, 9.17) is 0 Å². The molecule has 1 spiro atoms. The zero-order valence-corrected chi connectivity index (χ0v) is 19.0. The minimum Gasteiger partial charge on any atom is -0.392 e. The molecule has 4 heteroatoms. The van der Waals surface area contributed by atoms with Crippen molar-refractivity contribution in [1.82, 2.24) is 0 Å². The molecule has 0 saturated heterocycles. The molecule has 4 nitrogen and oxygen atoms in total. The molecule has 0 radical (unpaired) electrons. The number of aliphatic hydroxyl groups is 3. The average Bonchev–Trinajstić information content (AvgIpc) is 3.16. The fourth-order valence-electron chi connectivity index (χ4n) is 8.63. The summed E-state index contributed by atoms with van der Waals surface area (Å²) in [5, 5.41) is 32.2. The molecule has 0 amide bonds. The van der Waals surface area contributed by atoms with Crippen LogP contribution in [0.5, 0.6) is 0 Å². The number of carbonyl (C=O) groups is 1. The highest BCUT2D eigenvalue weighted by molar-refractivity contribution is 5.90. The maximum atomic E-state index is 12.5. The van der Waals surface area contributed by atoms with Crippen molar-refractivity contribution < 1.29 is 20.1 Å². The van der Waals surface area contributed by atoms with Gasteiger partial charge in [0.15, 0.2) is 5.78 Å². The number of rotatable bonds is 4. The molecule has 0 aromatic heterocycles. The van der Waals surface area contributed by atoms with Gasteiger partial charge in [-0.1, -0.05) is 39.3 Å². The molecule has 164 valence electrons. The Bertz CT molecular complexity index is 736. The summed E-state index contributed by atoms with van der Waals surface area (Å²) in [5.41, 5.74) is -0.267. The molecule has 3 fully saturated rings. The first-order valence-electron chi connectivity index (χ1n) is 11.6. The van der Waals surface area contributed by atoms with Crippen LogP contribution in [0.25, 0.3) is 0 Å². The van der Waals surface area contributed by atoms with E-state index in [1.165, 1.54) is 19.4 Å². The highest BCUT2D eigenvalue weighted by atomic mass is 16.3. The molecule has 3 N–H and O–H groups in total. The molecule has 4 aliphatic rings. The molecule has 4 aliphatic carbocycles. The Morgan fingerprint density at radius 2 is 1.90 bits per heavy atom. The van der Waals surface area contributed by atoms with E-state index in [-0.39, 0.29) is 22.3 Å². The second-order valence-electron chi connectivity index (χ2n) is 12.1. The molecule has 9 unspecified atom stereocenters. The minimum atomic E-state index is -1.52. The lowest BCUT2D eigenvalue weighted by molar-refractivity contribution is -0.146. The predicted molar refractivity (Wildman–Crippen MR) is 113 cm³/mol. The standard InChI is InChI=1S/C25H40O4/c1-14-11-19(27)25-15(2)7-8-16(25)20-23(5,12-17(14)25)9-10-24(20,6)13-18(26)21(28)22(3,4)29/h12,14-16,18-20,26-27,29H,7-11,13H2,1-6H3. The van der Waals surface area contributed by atoms with Crippen molar-refractivity contribution in [1.29, 1.82) is 0 Å². The lowest BCUT2D eigenvalue weighted by Gasteiger charge is -2.55. The molecular formula is C25H40O4. The van der Waals surface area contributed by atoms with Gasteiger partial charge in [0.1, 0.15) is 11.7 Å². The lowest BCUT2D eigenvalue weighted by Crippen LogP contribution is -2.53. The molecule has 0 aromatic rings. The van der Waals surface area contributed by atoms with Crippen LogP contribution in [0.3, 0.4) is 0 Å². The Morgan fingerprint density at radius 1 is 1.24 bits per heavy atom. The number of ketones is 1. The van der Waals surface area contributed by atoms with E-state index >= 15 is 0 Å². The fourth-order valence-corrected chi connectivity index (χ4v) is 8.63. The zero-order chi connectivity index (χ0) is 21.6. The summed E-state index contributed by atoms with van der Waals surface area (Å²) in [4.78, 5) is 12.5. The first-order valence-corrected chi connectivity index (χ1v) is 11.6. The number of hydrogen-bond acceptors (Lipinski definition) is 4. The highest BCUT2D eigenvalue weighted by Gasteiger charge is 2.69. The Morgan fingerprint density at radius 3 is 2.52 bits per heavy atom. The topological polar surface area (TPSA) is 77.8 Å². The minimum absolute atomic E-state index is 0.0537. The van der Waals surface area contributed by atoms with E-state index in [2.05, 4.69) is 33.8 Å².